The maximum absolute atomic E-state index is 12.5. The van der Waals surface area contributed by atoms with Crippen LogP contribution in [0.15, 0.2) is 29.7 Å². The molecule has 114 valence electrons. The highest BCUT2D eigenvalue weighted by molar-refractivity contribution is 5.93. The molecule has 2 N–H and O–H groups in total. The molecule has 5 nitrogen and oxygen atoms in total. The predicted molar refractivity (Wildman–Crippen MR) is 81.3 cm³/mol. The number of nitrogens with one attached hydrogen (secondary N) is 1. The summed E-state index contributed by atoms with van der Waals surface area (Å²) in [6, 6.07) is 1.43. The number of carbonyl (C=O) groups is 1. The predicted octanol–water partition coefficient (Wildman–Crippen LogP) is 1.47. The highest BCUT2D eigenvalue weighted by Gasteiger charge is 2.36. The summed E-state index contributed by atoms with van der Waals surface area (Å²) < 4.78 is 0. The molecule has 0 unspecified atom stereocenters. The molecule has 1 atom stereocenters. The molecule has 2 heterocycles. The van der Waals surface area contributed by atoms with Crippen molar-refractivity contribution in [2.75, 3.05) is 19.7 Å². The van der Waals surface area contributed by atoms with Crippen molar-refractivity contribution in [3.8, 4) is 0 Å². The maximum Gasteiger partial charge on any atom is 0.259 e. The standard InChI is InChI=1S/C16H22N2O3/c1-3-5-16(11-19)6-4-7-18(10-16)15(21)13-9-17-12(2)8-14(13)20/h3,8-9,19H,1,4-7,10-11H2,2H3,(H,17,20)/t16-/m0/s1. The van der Waals surface area contributed by atoms with Gasteiger partial charge in [-0.15, -0.1) is 6.58 Å². The number of carbonyl (C=O) groups excluding carboxylic acids is 1. The molecule has 0 saturated carbocycles. The van der Waals surface area contributed by atoms with E-state index in [0.717, 1.165) is 18.5 Å². The van der Waals surface area contributed by atoms with Gasteiger partial charge in [-0.05, 0) is 26.2 Å². The Balaban J connectivity index is 2.22. The van der Waals surface area contributed by atoms with Crippen LogP contribution in [0.3, 0.4) is 0 Å². The fourth-order valence-electron chi connectivity index (χ4n) is 2.96. The van der Waals surface area contributed by atoms with Gasteiger partial charge in [-0.2, -0.15) is 0 Å². The first-order valence-corrected chi connectivity index (χ1v) is 7.22. The number of aromatic nitrogens is 1. The molecule has 1 aliphatic rings. The van der Waals surface area contributed by atoms with E-state index in [1.165, 1.54) is 12.3 Å². The number of rotatable bonds is 4. The highest BCUT2D eigenvalue weighted by atomic mass is 16.3. The number of piperidine rings is 1. The van der Waals surface area contributed by atoms with E-state index in [2.05, 4.69) is 11.6 Å². The monoisotopic (exact) mass is 290 g/mol. The van der Waals surface area contributed by atoms with Crippen LogP contribution in [-0.2, 0) is 0 Å². The maximum atomic E-state index is 12.5. The normalized spacial score (nSPS) is 22.1. The van der Waals surface area contributed by atoms with E-state index in [1.807, 2.05) is 0 Å². The largest absolute Gasteiger partial charge is 0.396 e. The molecule has 0 aromatic carbocycles. The van der Waals surface area contributed by atoms with Crippen molar-refractivity contribution < 1.29 is 9.90 Å². The number of nitrogens with zero attached hydrogens (tertiary/aromatic N) is 1. The molecule has 0 aliphatic carbocycles. The molecule has 0 radical (unpaired) electrons. The molecule has 0 bridgehead atoms. The van der Waals surface area contributed by atoms with Gasteiger partial charge in [-0.3, -0.25) is 9.59 Å². The summed E-state index contributed by atoms with van der Waals surface area (Å²) in [7, 11) is 0. The van der Waals surface area contributed by atoms with E-state index in [9.17, 15) is 14.7 Å². The molecule has 1 aliphatic heterocycles. The number of likely N-dealkylation sites (tertiary alicyclic amines) is 1. The summed E-state index contributed by atoms with van der Waals surface area (Å²) in [6.07, 6.45) is 5.61. The van der Waals surface area contributed by atoms with Crippen LogP contribution < -0.4 is 5.43 Å². The van der Waals surface area contributed by atoms with Crippen molar-refractivity contribution in [1.82, 2.24) is 9.88 Å². The average molecular weight is 290 g/mol. The number of aromatic amines is 1. The van der Waals surface area contributed by atoms with Crippen molar-refractivity contribution >= 4 is 5.91 Å². The number of allylic oxidation sites excluding steroid dienone is 1. The van der Waals surface area contributed by atoms with Crippen molar-refractivity contribution in [3.05, 3.63) is 46.4 Å². The van der Waals surface area contributed by atoms with Gasteiger partial charge in [0.15, 0.2) is 5.43 Å². The zero-order valence-corrected chi connectivity index (χ0v) is 12.4. The molecular weight excluding hydrogens is 268 g/mol. The Labute approximate surface area is 124 Å². The van der Waals surface area contributed by atoms with Crippen molar-refractivity contribution in [3.63, 3.8) is 0 Å². The van der Waals surface area contributed by atoms with E-state index in [4.69, 9.17) is 0 Å². The summed E-state index contributed by atoms with van der Waals surface area (Å²) >= 11 is 0. The van der Waals surface area contributed by atoms with Crippen LogP contribution >= 0.6 is 0 Å². The number of hydrogen-bond acceptors (Lipinski definition) is 3. The lowest BCUT2D eigenvalue weighted by Crippen LogP contribution is -2.48. The first-order valence-electron chi connectivity index (χ1n) is 7.22. The second kappa shape index (κ2) is 6.26. The van der Waals surface area contributed by atoms with Crippen LogP contribution in [0.4, 0.5) is 0 Å². The van der Waals surface area contributed by atoms with E-state index < -0.39 is 0 Å². The number of H-pyrrole nitrogens is 1. The number of aliphatic hydroxyl groups is 1. The third-order valence-corrected chi connectivity index (χ3v) is 4.15. The van der Waals surface area contributed by atoms with E-state index in [0.29, 0.717) is 19.5 Å². The van der Waals surface area contributed by atoms with Gasteiger partial charge in [0, 0.05) is 36.5 Å². The molecule has 1 aromatic rings. The van der Waals surface area contributed by atoms with Gasteiger partial charge in [0.2, 0.25) is 0 Å². The third kappa shape index (κ3) is 3.24. The quantitative estimate of drug-likeness (QED) is 0.825. The number of pyridine rings is 1. The van der Waals surface area contributed by atoms with Crippen molar-refractivity contribution in [1.29, 1.82) is 0 Å². The Morgan fingerprint density at radius 1 is 1.62 bits per heavy atom. The van der Waals surface area contributed by atoms with Crippen LogP contribution in [-0.4, -0.2) is 40.6 Å². The van der Waals surface area contributed by atoms with Crippen LogP contribution in [0.5, 0.6) is 0 Å². The van der Waals surface area contributed by atoms with Gasteiger partial charge in [-0.1, -0.05) is 6.08 Å². The van der Waals surface area contributed by atoms with Crippen molar-refractivity contribution in [2.24, 2.45) is 5.41 Å². The minimum Gasteiger partial charge on any atom is -0.396 e. The van der Waals surface area contributed by atoms with Gasteiger partial charge in [0.05, 0.1) is 6.61 Å². The van der Waals surface area contributed by atoms with Gasteiger partial charge < -0.3 is 15.0 Å². The Morgan fingerprint density at radius 3 is 3.00 bits per heavy atom. The van der Waals surface area contributed by atoms with E-state index in [1.54, 1.807) is 17.9 Å². The fourth-order valence-corrected chi connectivity index (χ4v) is 2.96. The summed E-state index contributed by atoms with van der Waals surface area (Å²) in [5.41, 5.74) is 0.298. The Kier molecular flexibility index (Phi) is 4.63. The molecule has 2 rings (SSSR count). The van der Waals surface area contributed by atoms with Gasteiger partial charge >= 0.3 is 0 Å². The summed E-state index contributed by atoms with van der Waals surface area (Å²) in [5.74, 6) is -0.266. The molecule has 1 fully saturated rings. The topological polar surface area (TPSA) is 73.4 Å². The molecule has 1 aromatic heterocycles. The smallest absolute Gasteiger partial charge is 0.259 e. The molecule has 1 saturated heterocycles. The lowest BCUT2D eigenvalue weighted by molar-refractivity contribution is 0.0284. The summed E-state index contributed by atoms with van der Waals surface area (Å²) in [4.78, 5) is 29.1. The van der Waals surface area contributed by atoms with E-state index >= 15 is 0 Å². The first-order chi connectivity index (χ1) is 10.0. The number of amides is 1. The number of aryl methyl sites for hydroxylation is 1. The van der Waals surface area contributed by atoms with Gasteiger partial charge in [0.25, 0.3) is 5.91 Å². The molecule has 21 heavy (non-hydrogen) atoms. The molecule has 1 amide bonds. The zero-order chi connectivity index (χ0) is 15.5. The minimum atomic E-state index is -0.326. The lowest BCUT2D eigenvalue weighted by Gasteiger charge is -2.41. The second-order valence-corrected chi connectivity index (χ2v) is 5.88. The number of hydrogen-bond donors (Lipinski definition) is 2. The average Bonchev–Trinajstić information content (AvgIpc) is 2.47. The zero-order valence-electron chi connectivity index (χ0n) is 12.4. The molecular formula is C16H22N2O3. The van der Waals surface area contributed by atoms with Crippen LogP contribution in [0.2, 0.25) is 0 Å². The van der Waals surface area contributed by atoms with Crippen LogP contribution in [0, 0.1) is 12.3 Å². The first kappa shape index (κ1) is 15.5. The van der Waals surface area contributed by atoms with Gasteiger partial charge in [-0.25, -0.2) is 0 Å². The Hall–Kier alpha value is -1.88. The highest BCUT2D eigenvalue weighted by Crippen LogP contribution is 2.33. The Bertz CT molecular complexity index is 593. The summed E-state index contributed by atoms with van der Waals surface area (Å²) in [6.45, 7) is 6.60. The van der Waals surface area contributed by atoms with Gasteiger partial charge in [0.1, 0.15) is 5.56 Å². The Morgan fingerprint density at radius 2 is 2.38 bits per heavy atom. The summed E-state index contributed by atoms with van der Waals surface area (Å²) in [5, 5.41) is 9.68. The van der Waals surface area contributed by atoms with Crippen LogP contribution in [0.25, 0.3) is 0 Å². The lowest BCUT2D eigenvalue weighted by atomic mass is 9.77. The molecule has 0 spiro atoms. The third-order valence-electron chi connectivity index (χ3n) is 4.15. The fraction of sp³-hybridized carbons (Fsp3) is 0.500. The SMILES string of the molecule is C=CC[C@]1(CO)CCCN(C(=O)c2c[nH]c(C)cc2=O)C1. The van der Waals surface area contributed by atoms with Crippen molar-refractivity contribution in [2.45, 2.75) is 26.2 Å². The van der Waals surface area contributed by atoms with E-state index in [-0.39, 0.29) is 28.9 Å². The number of aliphatic hydroxyl groups excluding tert-OH is 1. The molecule has 5 heteroatoms. The van der Waals surface area contributed by atoms with Crippen LogP contribution in [0.1, 0.15) is 35.3 Å². The minimum absolute atomic E-state index is 0.0209. The second-order valence-electron chi connectivity index (χ2n) is 5.88.